The predicted molar refractivity (Wildman–Crippen MR) is 83.1 cm³/mol. The average molecular weight is 336 g/mol. The van der Waals surface area contributed by atoms with Crippen LogP contribution < -0.4 is 0 Å². The molecule has 3 rings (SSSR count). The molecule has 1 unspecified atom stereocenters. The van der Waals surface area contributed by atoms with E-state index >= 15 is 0 Å². The third kappa shape index (κ3) is 2.74. The molecular formula is C15H14BrNOS. The number of hydrogen-bond donors (Lipinski definition) is 0. The number of fused-ring (bicyclic) bond motifs is 1. The number of aromatic nitrogens is 1. The molecule has 1 atom stereocenters. The largest absolute Gasteiger partial charge is 0.441 e. The number of nitrogens with zero attached hydrogens (tertiary/aromatic N) is 1. The number of alkyl halides is 1. The maximum absolute atomic E-state index is 5.76. The van der Waals surface area contributed by atoms with Crippen molar-refractivity contribution in [3.05, 3.63) is 52.0 Å². The van der Waals surface area contributed by atoms with E-state index in [0.717, 1.165) is 29.8 Å². The summed E-state index contributed by atoms with van der Waals surface area (Å²) in [6.07, 6.45) is 1.87. The quantitative estimate of drug-likeness (QED) is 0.617. The molecule has 0 aliphatic carbocycles. The number of benzene rings is 1. The third-order valence-electron chi connectivity index (χ3n) is 3.03. The van der Waals surface area contributed by atoms with Crippen LogP contribution >= 0.6 is 27.3 Å². The van der Waals surface area contributed by atoms with Gasteiger partial charge in [-0.2, -0.15) is 0 Å². The van der Waals surface area contributed by atoms with E-state index in [1.807, 2.05) is 35.6 Å². The Morgan fingerprint density at radius 1 is 1.26 bits per heavy atom. The monoisotopic (exact) mass is 335 g/mol. The van der Waals surface area contributed by atoms with Gasteiger partial charge in [0.25, 0.3) is 0 Å². The Kier molecular flexibility index (Phi) is 3.71. The zero-order valence-corrected chi connectivity index (χ0v) is 13.0. The van der Waals surface area contributed by atoms with E-state index in [2.05, 4.69) is 40.0 Å². The van der Waals surface area contributed by atoms with Crippen molar-refractivity contribution < 1.29 is 4.42 Å². The molecule has 0 saturated carbocycles. The predicted octanol–water partition coefficient (Wildman–Crippen LogP) is 5.13. The van der Waals surface area contributed by atoms with Gasteiger partial charge in [-0.05, 0) is 30.7 Å². The van der Waals surface area contributed by atoms with Crippen LogP contribution in [0.1, 0.15) is 27.4 Å². The molecule has 0 spiro atoms. The molecule has 0 saturated heterocycles. The number of para-hydroxylation sites is 2. The van der Waals surface area contributed by atoms with Gasteiger partial charge in [0.1, 0.15) is 5.52 Å². The van der Waals surface area contributed by atoms with Crippen LogP contribution in [0.2, 0.25) is 0 Å². The summed E-state index contributed by atoms with van der Waals surface area (Å²) in [7, 11) is 0. The fourth-order valence-electron chi connectivity index (χ4n) is 2.01. The Labute approximate surface area is 124 Å². The van der Waals surface area contributed by atoms with Crippen LogP contribution in [0, 0.1) is 0 Å². The molecule has 0 radical (unpaired) electrons. The molecule has 0 aliphatic rings. The van der Waals surface area contributed by atoms with Gasteiger partial charge in [-0.1, -0.05) is 35.0 Å². The number of oxazole rings is 1. The summed E-state index contributed by atoms with van der Waals surface area (Å²) in [5.41, 5.74) is 1.79. The van der Waals surface area contributed by atoms with Crippen molar-refractivity contribution in [2.75, 3.05) is 0 Å². The molecule has 0 fully saturated rings. The molecule has 98 valence electrons. The van der Waals surface area contributed by atoms with Gasteiger partial charge in [0.15, 0.2) is 11.5 Å². The maximum atomic E-state index is 5.76. The van der Waals surface area contributed by atoms with Crippen molar-refractivity contribution in [3.8, 4) is 0 Å². The van der Waals surface area contributed by atoms with Crippen LogP contribution in [0.3, 0.4) is 0 Å². The molecule has 1 aromatic carbocycles. The second kappa shape index (κ2) is 5.47. The molecule has 0 bridgehead atoms. The van der Waals surface area contributed by atoms with E-state index in [1.165, 1.54) is 9.75 Å². The van der Waals surface area contributed by atoms with Crippen molar-refractivity contribution in [2.24, 2.45) is 0 Å². The van der Waals surface area contributed by atoms with Crippen molar-refractivity contribution in [2.45, 2.75) is 24.6 Å². The van der Waals surface area contributed by atoms with Crippen LogP contribution in [0.4, 0.5) is 0 Å². The Balaban J connectivity index is 1.80. The maximum Gasteiger partial charge on any atom is 0.196 e. The summed E-state index contributed by atoms with van der Waals surface area (Å²) < 4.78 is 5.76. The fraction of sp³-hybridized carbons (Fsp3) is 0.267. The molecule has 2 heterocycles. The average Bonchev–Trinajstić information content (AvgIpc) is 3.04. The standard InChI is InChI=1S/C15H14BrNOS/c1-2-10-7-8-14(19-10)11(16)9-15-17-12-5-3-4-6-13(12)18-15/h3-8,11H,2,9H2,1H3. The van der Waals surface area contributed by atoms with E-state index in [-0.39, 0.29) is 4.83 Å². The highest BCUT2D eigenvalue weighted by molar-refractivity contribution is 9.09. The van der Waals surface area contributed by atoms with Gasteiger partial charge < -0.3 is 4.42 Å². The van der Waals surface area contributed by atoms with Gasteiger partial charge in [0.05, 0.1) is 4.83 Å². The molecule has 2 aromatic heterocycles. The Hall–Kier alpha value is -1.13. The van der Waals surface area contributed by atoms with Gasteiger partial charge in [-0.3, -0.25) is 0 Å². The smallest absolute Gasteiger partial charge is 0.196 e. The number of rotatable bonds is 4. The first-order chi connectivity index (χ1) is 9.26. The molecule has 4 heteroatoms. The minimum Gasteiger partial charge on any atom is -0.441 e. The Morgan fingerprint density at radius 2 is 2.11 bits per heavy atom. The lowest BCUT2D eigenvalue weighted by Gasteiger charge is -2.03. The second-order valence-electron chi connectivity index (χ2n) is 4.40. The highest BCUT2D eigenvalue weighted by Gasteiger charge is 2.15. The van der Waals surface area contributed by atoms with Crippen molar-refractivity contribution >= 4 is 38.4 Å². The molecule has 0 N–H and O–H groups in total. The molecular weight excluding hydrogens is 322 g/mol. The first-order valence-electron chi connectivity index (χ1n) is 6.33. The minimum atomic E-state index is 0.269. The molecule has 0 aliphatic heterocycles. The summed E-state index contributed by atoms with van der Waals surface area (Å²) in [5, 5.41) is 0. The van der Waals surface area contributed by atoms with Crippen LogP contribution in [-0.2, 0) is 12.8 Å². The van der Waals surface area contributed by atoms with E-state index in [1.54, 1.807) is 0 Å². The summed E-state index contributed by atoms with van der Waals surface area (Å²) in [5.74, 6) is 0.787. The summed E-state index contributed by atoms with van der Waals surface area (Å²) >= 11 is 5.58. The lowest BCUT2D eigenvalue weighted by molar-refractivity contribution is 0.528. The number of aryl methyl sites for hydroxylation is 1. The van der Waals surface area contributed by atoms with Gasteiger partial charge in [-0.25, -0.2) is 4.98 Å². The number of hydrogen-bond acceptors (Lipinski definition) is 3. The van der Waals surface area contributed by atoms with Gasteiger partial charge in [-0.15, -0.1) is 11.3 Å². The van der Waals surface area contributed by atoms with Crippen LogP contribution in [-0.4, -0.2) is 4.98 Å². The first-order valence-corrected chi connectivity index (χ1v) is 8.06. The van der Waals surface area contributed by atoms with E-state index in [4.69, 9.17) is 4.42 Å². The molecule has 2 nitrogen and oxygen atoms in total. The second-order valence-corrected chi connectivity index (χ2v) is 6.71. The van der Waals surface area contributed by atoms with Crippen LogP contribution in [0.5, 0.6) is 0 Å². The Morgan fingerprint density at radius 3 is 2.84 bits per heavy atom. The van der Waals surface area contributed by atoms with E-state index in [9.17, 15) is 0 Å². The van der Waals surface area contributed by atoms with Crippen LogP contribution in [0.15, 0.2) is 40.8 Å². The highest BCUT2D eigenvalue weighted by atomic mass is 79.9. The summed E-state index contributed by atoms with van der Waals surface area (Å²) in [6, 6.07) is 12.3. The van der Waals surface area contributed by atoms with Crippen molar-refractivity contribution in [3.63, 3.8) is 0 Å². The lowest BCUT2D eigenvalue weighted by atomic mass is 10.2. The number of halogens is 1. The lowest BCUT2D eigenvalue weighted by Crippen LogP contribution is -1.92. The van der Waals surface area contributed by atoms with Crippen molar-refractivity contribution in [1.82, 2.24) is 4.98 Å². The topological polar surface area (TPSA) is 26.0 Å². The van der Waals surface area contributed by atoms with Gasteiger partial charge >= 0.3 is 0 Å². The third-order valence-corrected chi connectivity index (χ3v) is 5.49. The molecule has 19 heavy (non-hydrogen) atoms. The fourth-order valence-corrected chi connectivity index (χ4v) is 3.65. The van der Waals surface area contributed by atoms with Gasteiger partial charge in [0.2, 0.25) is 0 Å². The highest BCUT2D eigenvalue weighted by Crippen LogP contribution is 2.33. The van der Waals surface area contributed by atoms with Gasteiger partial charge in [0, 0.05) is 16.2 Å². The first kappa shape index (κ1) is 12.9. The molecule has 3 aromatic rings. The zero-order valence-electron chi connectivity index (χ0n) is 10.6. The Bertz CT molecular complexity index is 655. The SMILES string of the molecule is CCc1ccc(C(Br)Cc2nc3ccccc3o2)s1. The van der Waals surface area contributed by atoms with Crippen LogP contribution in [0.25, 0.3) is 11.1 Å². The van der Waals surface area contributed by atoms with E-state index < -0.39 is 0 Å². The van der Waals surface area contributed by atoms with E-state index in [0.29, 0.717) is 0 Å². The zero-order chi connectivity index (χ0) is 13.2. The van der Waals surface area contributed by atoms with Crippen molar-refractivity contribution in [1.29, 1.82) is 0 Å². The minimum absolute atomic E-state index is 0.269. The normalized spacial score (nSPS) is 12.9. The molecule has 0 amide bonds. The summed E-state index contributed by atoms with van der Waals surface area (Å²) in [4.78, 5) is 7.53. The summed E-state index contributed by atoms with van der Waals surface area (Å²) in [6.45, 7) is 2.18. The number of thiophene rings is 1.